The van der Waals surface area contributed by atoms with Gasteiger partial charge in [-0.1, -0.05) is 35.3 Å². The summed E-state index contributed by atoms with van der Waals surface area (Å²) in [4.78, 5) is 2.29. The highest BCUT2D eigenvalue weighted by molar-refractivity contribution is 6.33. The molecule has 148 valence electrons. The molecule has 0 bridgehead atoms. The molecular formula is C21H20Cl3NO3. The van der Waals surface area contributed by atoms with Crippen LogP contribution < -0.4 is 0 Å². The van der Waals surface area contributed by atoms with Crippen LogP contribution >= 0.6 is 35.6 Å². The fourth-order valence-electron chi connectivity index (χ4n) is 3.74. The molecule has 0 amide bonds. The molecule has 2 N–H and O–H groups in total. The molecule has 0 aliphatic carbocycles. The molecule has 0 saturated heterocycles. The van der Waals surface area contributed by atoms with Gasteiger partial charge in [0, 0.05) is 24.0 Å². The van der Waals surface area contributed by atoms with E-state index in [0.717, 1.165) is 29.0 Å². The number of benzene rings is 2. The molecule has 0 radical (unpaired) electrons. The van der Waals surface area contributed by atoms with Crippen molar-refractivity contribution in [3.05, 3.63) is 81.2 Å². The van der Waals surface area contributed by atoms with Crippen molar-refractivity contribution in [1.29, 1.82) is 0 Å². The Hall–Kier alpha value is -1.85. The van der Waals surface area contributed by atoms with E-state index in [-0.39, 0.29) is 34.8 Å². The van der Waals surface area contributed by atoms with Crippen LogP contribution in [0.2, 0.25) is 10.0 Å². The zero-order valence-electron chi connectivity index (χ0n) is 14.9. The van der Waals surface area contributed by atoms with Gasteiger partial charge in [-0.3, -0.25) is 4.90 Å². The van der Waals surface area contributed by atoms with Crippen LogP contribution in [0.1, 0.15) is 28.4 Å². The number of nitrogens with zero attached hydrogens (tertiary/aromatic N) is 1. The largest absolute Gasteiger partial charge is 0.504 e. The minimum atomic E-state index is -0.264. The van der Waals surface area contributed by atoms with E-state index in [0.29, 0.717) is 24.5 Å². The van der Waals surface area contributed by atoms with Crippen LogP contribution in [-0.4, -0.2) is 28.2 Å². The Morgan fingerprint density at radius 1 is 1.11 bits per heavy atom. The van der Waals surface area contributed by atoms with Gasteiger partial charge < -0.3 is 14.6 Å². The standard InChI is InChI=1S/C21H19Cl2NO3.ClH/c22-14-4-1-3-13(9-14)18-12-24(11-15-5-2-8-27-15)7-6-16-17(18)10-19(25)21(26)20(16)23;/h1-5,8-10,18,25-26H,6-7,11-12H2;1H. The second-order valence-corrected chi connectivity index (χ2v) is 7.61. The first-order valence-corrected chi connectivity index (χ1v) is 9.52. The Morgan fingerprint density at radius 2 is 1.93 bits per heavy atom. The molecule has 0 spiro atoms. The number of hydrogen-bond donors (Lipinski definition) is 2. The Morgan fingerprint density at radius 3 is 2.64 bits per heavy atom. The second kappa shape index (κ2) is 8.66. The van der Waals surface area contributed by atoms with E-state index in [4.69, 9.17) is 27.6 Å². The lowest BCUT2D eigenvalue weighted by Gasteiger charge is -2.25. The molecule has 1 aromatic heterocycles. The summed E-state index contributed by atoms with van der Waals surface area (Å²) in [6.45, 7) is 2.15. The summed E-state index contributed by atoms with van der Waals surface area (Å²) in [6, 6.07) is 13.2. The lowest BCUT2D eigenvalue weighted by molar-refractivity contribution is 0.246. The fourth-order valence-corrected chi connectivity index (χ4v) is 4.24. The molecule has 3 aromatic rings. The molecule has 4 nitrogen and oxygen atoms in total. The Kier molecular flexibility index (Phi) is 6.46. The number of fused-ring (bicyclic) bond motifs is 1. The third-order valence-corrected chi connectivity index (χ3v) is 5.70. The highest BCUT2D eigenvalue weighted by Gasteiger charge is 2.29. The van der Waals surface area contributed by atoms with E-state index in [9.17, 15) is 10.2 Å². The highest BCUT2D eigenvalue weighted by atomic mass is 35.5. The van der Waals surface area contributed by atoms with Crippen LogP contribution in [0.15, 0.2) is 53.1 Å². The van der Waals surface area contributed by atoms with Gasteiger partial charge in [-0.15, -0.1) is 12.4 Å². The fraction of sp³-hybridized carbons (Fsp3) is 0.238. The predicted octanol–water partition coefficient (Wildman–Crippen LogP) is 5.61. The summed E-state index contributed by atoms with van der Waals surface area (Å²) in [5.41, 5.74) is 2.81. The second-order valence-electron chi connectivity index (χ2n) is 6.80. The third-order valence-electron chi connectivity index (χ3n) is 5.06. The van der Waals surface area contributed by atoms with Crippen LogP contribution in [0, 0.1) is 0 Å². The number of phenolic OH excluding ortho intramolecular Hbond substituents is 2. The van der Waals surface area contributed by atoms with Gasteiger partial charge in [0.1, 0.15) is 5.76 Å². The van der Waals surface area contributed by atoms with Crippen molar-refractivity contribution >= 4 is 35.6 Å². The summed E-state index contributed by atoms with van der Waals surface area (Å²) >= 11 is 12.6. The van der Waals surface area contributed by atoms with Gasteiger partial charge in [0.05, 0.1) is 17.8 Å². The third kappa shape index (κ3) is 4.11. The first kappa shape index (κ1) is 20.9. The lowest BCUT2D eigenvalue weighted by atomic mass is 9.87. The average molecular weight is 441 g/mol. The van der Waals surface area contributed by atoms with Gasteiger partial charge in [0.15, 0.2) is 11.5 Å². The minimum absolute atomic E-state index is 0. The number of furan rings is 1. The first-order chi connectivity index (χ1) is 13.0. The molecule has 28 heavy (non-hydrogen) atoms. The number of phenols is 2. The summed E-state index contributed by atoms with van der Waals surface area (Å²) in [5.74, 6) is 0.382. The van der Waals surface area contributed by atoms with Gasteiger partial charge in [-0.2, -0.15) is 0 Å². The molecule has 1 aliphatic heterocycles. The quantitative estimate of drug-likeness (QED) is 0.520. The average Bonchev–Trinajstić information content (AvgIpc) is 3.09. The van der Waals surface area contributed by atoms with Gasteiger partial charge >= 0.3 is 0 Å². The van der Waals surface area contributed by atoms with E-state index < -0.39 is 0 Å². The van der Waals surface area contributed by atoms with Crippen molar-refractivity contribution in [2.75, 3.05) is 13.1 Å². The zero-order chi connectivity index (χ0) is 19.0. The van der Waals surface area contributed by atoms with Crippen LogP contribution in [0.25, 0.3) is 0 Å². The first-order valence-electron chi connectivity index (χ1n) is 8.76. The normalized spacial score (nSPS) is 16.9. The maximum atomic E-state index is 10.2. The summed E-state index contributed by atoms with van der Waals surface area (Å²) in [6.07, 6.45) is 2.34. The molecule has 0 saturated carbocycles. The number of halogens is 3. The van der Waals surface area contributed by atoms with Crippen LogP contribution in [0.3, 0.4) is 0 Å². The molecule has 2 heterocycles. The smallest absolute Gasteiger partial charge is 0.176 e. The van der Waals surface area contributed by atoms with Gasteiger partial charge in [0.2, 0.25) is 0 Å². The van der Waals surface area contributed by atoms with Crippen molar-refractivity contribution in [2.24, 2.45) is 0 Å². The van der Waals surface area contributed by atoms with Crippen molar-refractivity contribution < 1.29 is 14.6 Å². The van der Waals surface area contributed by atoms with Gasteiger partial charge in [0.25, 0.3) is 0 Å². The van der Waals surface area contributed by atoms with Crippen LogP contribution in [0.4, 0.5) is 0 Å². The summed E-state index contributed by atoms with van der Waals surface area (Å²) in [7, 11) is 0. The number of rotatable bonds is 3. The van der Waals surface area contributed by atoms with Crippen LogP contribution in [0.5, 0.6) is 11.5 Å². The van der Waals surface area contributed by atoms with E-state index in [2.05, 4.69) is 4.90 Å². The lowest BCUT2D eigenvalue weighted by Crippen LogP contribution is -2.28. The zero-order valence-corrected chi connectivity index (χ0v) is 17.3. The molecule has 2 aromatic carbocycles. The van der Waals surface area contributed by atoms with Crippen LogP contribution in [-0.2, 0) is 13.0 Å². The molecule has 7 heteroatoms. The monoisotopic (exact) mass is 439 g/mol. The highest BCUT2D eigenvalue weighted by Crippen LogP contribution is 2.44. The number of hydrogen-bond acceptors (Lipinski definition) is 4. The molecule has 4 rings (SSSR count). The van der Waals surface area contributed by atoms with Gasteiger partial charge in [-0.05, 0) is 53.4 Å². The maximum Gasteiger partial charge on any atom is 0.176 e. The van der Waals surface area contributed by atoms with Crippen molar-refractivity contribution in [2.45, 2.75) is 18.9 Å². The Balaban J connectivity index is 0.00000225. The summed E-state index contributed by atoms with van der Waals surface area (Å²) in [5, 5.41) is 21.1. The van der Waals surface area contributed by atoms with Crippen molar-refractivity contribution in [1.82, 2.24) is 4.90 Å². The van der Waals surface area contributed by atoms with Crippen molar-refractivity contribution in [3.8, 4) is 11.5 Å². The Bertz CT molecular complexity index is 960. The van der Waals surface area contributed by atoms with E-state index in [1.807, 2.05) is 36.4 Å². The van der Waals surface area contributed by atoms with Crippen molar-refractivity contribution in [3.63, 3.8) is 0 Å². The predicted molar refractivity (Wildman–Crippen MR) is 113 cm³/mol. The van der Waals surface area contributed by atoms with E-state index in [1.54, 1.807) is 12.3 Å². The topological polar surface area (TPSA) is 56.8 Å². The maximum absolute atomic E-state index is 10.2. The summed E-state index contributed by atoms with van der Waals surface area (Å²) < 4.78 is 5.51. The number of aromatic hydroxyl groups is 2. The minimum Gasteiger partial charge on any atom is -0.504 e. The van der Waals surface area contributed by atoms with E-state index in [1.165, 1.54) is 0 Å². The van der Waals surface area contributed by atoms with Gasteiger partial charge in [-0.25, -0.2) is 0 Å². The molecule has 1 aliphatic rings. The molecular weight excluding hydrogens is 421 g/mol. The molecule has 1 atom stereocenters. The molecule has 1 unspecified atom stereocenters. The molecule has 0 fully saturated rings. The Labute approximate surface area is 179 Å². The van der Waals surface area contributed by atoms with E-state index >= 15 is 0 Å². The SMILES string of the molecule is Cl.Oc1cc2c(c(Cl)c1O)CCN(Cc1ccco1)CC2c1cccc(Cl)c1.